The van der Waals surface area contributed by atoms with Gasteiger partial charge in [-0.2, -0.15) is 13.5 Å². The summed E-state index contributed by atoms with van der Waals surface area (Å²) < 4.78 is 35.0. The highest BCUT2D eigenvalue weighted by Crippen LogP contribution is 2.23. The maximum Gasteiger partial charge on any atom is 0.339 e. The number of hydrogen-bond donors (Lipinski definition) is 1. The molecule has 0 aromatic heterocycles. The molecule has 10 nitrogen and oxygen atoms in total. The molecule has 1 heterocycles. The maximum atomic E-state index is 12.4. The molecule has 0 unspecified atom stereocenters. The van der Waals surface area contributed by atoms with Crippen LogP contribution < -0.4 is 19.3 Å². The molecule has 0 aliphatic carbocycles. The molecule has 1 aliphatic heterocycles. The average Bonchev–Trinajstić information content (AvgIpc) is 3.06. The van der Waals surface area contributed by atoms with Gasteiger partial charge in [0, 0.05) is 12.4 Å². The van der Waals surface area contributed by atoms with Gasteiger partial charge in [0.05, 0.1) is 18.6 Å². The van der Waals surface area contributed by atoms with E-state index in [1.165, 1.54) is 49.7 Å². The summed E-state index contributed by atoms with van der Waals surface area (Å²) in [6.45, 7) is 0. The molecule has 1 aliphatic rings. The normalized spacial score (nSPS) is 17.6. The van der Waals surface area contributed by atoms with E-state index in [1.807, 2.05) is 0 Å². The average molecular weight is 462 g/mol. The first-order valence-corrected chi connectivity index (χ1v) is 11.0. The Hall–Kier alpha value is -3.38. The lowest BCUT2D eigenvalue weighted by Gasteiger charge is -2.08. The fraction of sp³-hybridized carbons (Fsp3) is 0.158. The zero-order valence-electron chi connectivity index (χ0n) is 16.0. The van der Waals surface area contributed by atoms with Crippen LogP contribution in [0, 0.1) is 0 Å². The number of aliphatic carboxylic acids is 1. The van der Waals surface area contributed by atoms with Crippen molar-refractivity contribution in [2.24, 2.45) is 10.2 Å². The van der Waals surface area contributed by atoms with Gasteiger partial charge in [0.15, 0.2) is 5.17 Å². The summed E-state index contributed by atoms with van der Waals surface area (Å²) in [6, 6.07) is 11.9. The molecule has 1 amide bonds. The number of amidine groups is 1. The fourth-order valence-electron chi connectivity index (χ4n) is 2.45. The molecule has 12 heteroatoms. The van der Waals surface area contributed by atoms with Gasteiger partial charge >= 0.3 is 10.1 Å². The number of methoxy groups -OCH3 is 1. The summed E-state index contributed by atoms with van der Waals surface area (Å²) in [7, 11) is -2.57. The van der Waals surface area contributed by atoms with Gasteiger partial charge in [0.1, 0.15) is 16.4 Å². The van der Waals surface area contributed by atoms with E-state index in [1.54, 1.807) is 12.1 Å². The van der Waals surface area contributed by atoms with Crippen molar-refractivity contribution in [3.63, 3.8) is 0 Å². The molecule has 0 saturated carbocycles. The SMILES string of the molecule is COc1ccc(S(=O)(=O)Oc2cccc(/C=N\N=C3\NC(=O)[C@H](CC(=O)[O-])S3)c2)cc1. The van der Waals surface area contributed by atoms with Crippen molar-refractivity contribution in [2.75, 3.05) is 7.11 Å². The van der Waals surface area contributed by atoms with Crippen LogP contribution in [0.2, 0.25) is 0 Å². The molecule has 1 N–H and O–H groups in total. The molecule has 2 aromatic carbocycles. The lowest BCUT2D eigenvalue weighted by molar-refractivity contribution is -0.305. The second-order valence-electron chi connectivity index (χ2n) is 6.11. The number of rotatable bonds is 8. The highest BCUT2D eigenvalue weighted by atomic mass is 32.2. The lowest BCUT2D eigenvalue weighted by atomic mass is 10.2. The monoisotopic (exact) mass is 462 g/mol. The van der Waals surface area contributed by atoms with Crippen LogP contribution in [0.5, 0.6) is 11.5 Å². The molecule has 0 spiro atoms. The van der Waals surface area contributed by atoms with E-state index in [-0.39, 0.29) is 15.8 Å². The van der Waals surface area contributed by atoms with E-state index < -0.39 is 33.7 Å². The minimum Gasteiger partial charge on any atom is -0.550 e. The van der Waals surface area contributed by atoms with Crippen molar-refractivity contribution < 1.29 is 32.0 Å². The zero-order chi connectivity index (χ0) is 22.4. The van der Waals surface area contributed by atoms with Gasteiger partial charge < -0.3 is 24.1 Å². The first kappa shape index (κ1) is 22.3. The quantitative estimate of drug-likeness (QED) is 0.339. The van der Waals surface area contributed by atoms with Crippen LogP contribution >= 0.6 is 11.8 Å². The van der Waals surface area contributed by atoms with E-state index in [2.05, 4.69) is 15.5 Å². The Morgan fingerprint density at radius 3 is 2.65 bits per heavy atom. The van der Waals surface area contributed by atoms with Gasteiger partial charge in [-0.1, -0.05) is 23.9 Å². The minimum absolute atomic E-state index is 0.0288. The van der Waals surface area contributed by atoms with Gasteiger partial charge in [-0.15, -0.1) is 5.10 Å². The maximum absolute atomic E-state index is 12.4. The number of carboxylic acid groups (broad SMARTS) is 1. The van der Waals surface area contributed by atoms with E-state index >= 15 is 0 Å². The van der Waals surface area contributed by atoms with Crippen molar-refractivity contribution in [1.29, 1.82) is 0 Å². The molecular formula is C19H16N3O7S2-. The van der Waals surface area contributed by atoms with Crippen LogP contribution in [0.3, 0.4) is 0 Å². The number of carboxylic acids is 1. The number of amides is 1. The second-order valence-corrected chi connectivity index (χ2v) is 8.84. The second kappa shape index (κ2) is 9.62. The third-order valence-corrected chi connectivity index (χ3v) is 6.23. The highest BCUT2D eigenvalue weighted by molar-refractivity contribution is 8.15. The Balaban J connectivity index is 1.67. The highest BCUT2D eigenvalue weighted by Gasteiger charge is 2.30. The minimum atomic E-state index is -4.04. The molecule has 0 bridgehead atoms. The van der Waals surface area contributed by atoms with Crippen molar-refractivity contribution in [2.45, 2.75) is 16.6 Å². The molecule has 31 heavy (non-hydrogen) atoms. The van der Waals surface area contributed by atoms with E-state index in [4.69, 9.17) is 8.92 Å². The summed E-state index contributed by atoms with van der Waals surface area (Å²) in [4.78, 5) is 22.2. The third kappa shape index (κ3) is 6.06. The number of nitrogens with one attached hydrogen (secondary N) is 1. The molecular weight excluding hydrogens is 446 g/mol. The molecule has 1 fully saturated rings. The molecule has 1 saturated heterocycles. The predicted octanol–water partition coefficient (Wildman–Crippen LogP) is 0.524. The first-order valence-electron chi connectivity index (χ1n) is 8.74. The Morgan fingerprint density at radius 1 is 1.23 bits per heavy atom. The van der Waals surface area contributed by atoms with E-state index in [9.17, 15) is 23.1 Å². The Labute approximate surface area is 182 Å². The van der Waals surface area contributed by atoms with Gasteiger partial charge in [0.2, 0.25) is 5.91 Å². The number of carbonyl (C=O) groups is 2. The Bertz CT molecular complexity index is 1150. The summed E-state index contributed by atoms with van der Waals surface area (Å²) in [5.74, 6) is -1.23. The number of ether oxygens (including phenoxy) is 1. The number of hydrogen-bond acceptors (Lipinski definition) is 10. The molecule has 3 rings (SSSR count). The van der Waals surface area contributed by atoms with Crippen molar-refractivity contribution >= 4 is 45.1 Å². The fourth-order valence-corrected chi connectivity index (χ4v) is 4.28. The summed E-state index contributed by atoms with van der Waals surface area (Å²) in [5.41, 5.74) is 0.493. The smallest absolute Gasteiger partial charge is 0.339 e. The summed E-state index contributed by atoms with van der Waals surface area (Å²) in [5, 5.41) is 20.0. The van der Waals surface area contributed by atoms with Gasteiger partial charge in [-0.25, -0.2) is 0 Å². The lowest BCUT2D eigenvalue weighted by Crippen LogP contribution is -2.31. The largest absolute Gasteiger partial charge is 0.550 e. The van der Waals surface area contributed by atoms with Crippen molar-refractivity contribution in [3.05, 3.63) is 54.1 Å². The van der Waals surface area contributed by atoms with Crippen LogP contribution in [-0.4, -0.2) is 44.0 Å². The standard InChI is InChI=1S/C19H17N3O7S2/c1-28-13-5-7-15(8-6-13)31(26,27)29-14-4-2-3-12(9-14)11-20-22-19-21-18(25)16(30-19)10-17(23)24/h2-9,11,16H,10H2,1H3,(H,23,24)(H,21,22,25)/p-1/b20-11-/t16-/m0/s1. The molecule has 162 valence electrons. The molecule has 0 radical (unpaired) electrons. The number of thioether (sulfide) groups is 1. The van der Waals surface area contributed by atoms with Crippen LogP contribution in [0.1, 0.15) is 12.0 Å². The molecule has 1 atom stereocenters. The number of nitrogens with zero attached hydrogens (tertiary/aromatic N) is 2. The predicted molar refractivity (Wildman–Crippen MR) is 111 cm³/mol. The van der Waals surface area contributed by atoms with Gasteiger partial charge in [-0.05, 0) is 42.0 Å². The van der Waals surface area contributed by atoms with Crippen LogP contribution in [0.4, 0.5) is 0 Å². The topological polar surface area (TPSA) is 147 Å². The number of carbonyl (C=O) groups excluding carboxylic acids is 2. The van der Waals surface area contributed by atoms with Crippen LogP contribution in [0.25, 0.3) is 0 Å². The van der Waals surface area contributed by atoms with Gasteiger partial charge in [-0.3, -0.25) is 4.79 Å². The Morgan fingerprint density at radius 2 is 1.97 bits per heavy atom. The number of benzene rings is 2. The van der Waals surface area contributed by atoms with E-state index in [0.29, 0.717) is 11.3 Å². The summed E-state index contributed by atoms with van der Waals surface area (Å²) in [6.07, 6.45) is 0.903. The zero-order valence-corrected chi connectivity index (χ0v) is 17.7. The van der Waals surface area contributed by atoms with Crippen molar-refractivity contribution in [1.82, 2.24) is 5.32 Å². The van der Waals surface area contributed by atoms with Crippen LogP contribution in [-0.2, 0) is 19.7 Å². The third-order valence-electron chi connectivity index (χ3n) is 3.90. The van der Waals surface area contributed by atoms with Crippen LogP contribution in [0.15, 0.2) is 63.6 Å². The van der Waals surface area contributed by atoms with E-state index in [0.717, 1.165) is 11.8 Å². The molecule has 2 aromatic rings. The van der Waals surface area contributed by atoms with Gasteiger partial charge in [0.25, 0.3) is 0 Å². The Kier molecular flexibility index (Phi) is 6.92. The summed E-state index contributed by atoms with van der Waals surface area (Å²) >= 11 is 0.935. The first-order chi connectivity index (χ1) is 14.8. The van der Waals surface area contributed by atoms with Crippen molar-refractivity contribution in [3.8, 4) is 11.5 Å².